The van der Waals surface area contributed by atoms with Crippen LogP contribution in [0.4, 0.5) is 5.88 Å². The maximum Gasteiger partial charge on any atom is 0.433 e. The summed E-state index contributed by atoms with van der Waals surface area (Å²) in [5.74, 6) is -0.269. The Balaban J connectivity index is 2.98. The van der Waals surface area contributed by atoms with Crippen LogP contribution in [-0.4, -0.2) is 4.92 Å². The lowest BCUT2D eigenvalue weighted by molar-refractivity contribution is -0.402. The highest BCUT2D eigenvalue weighted by Crippen LogP contribution is 2.13. The molecule has 0 aliphatic carbocycles. The lowest BCUT2D eigenvalue weighted by Gasteiger charge is -1.79. The second-order valence-corrected chi connectivity index (χ2v) is 1.43. The van der Waals surface area contributed by atoms with Gasteiger partial charge in [-0.3, -0.25) is 10.1 Å². The first-order valence-electron chi connectivity index (χ1n) is 2.20. The van der Waals surface area contributed by atoms with Crippen LogP contribution >= 0.6 is 0 Å². The Labute approximate surface area is 51.2 Å². The van der Waals surface area contributed by atoms with Gasteiger partial charge in [0.1, 0.15) is 10.7 Å². The molecule has 0 atom stereocenters. The summed E-state index contributed by atoms with van der Waals surface area (Å²) in [6.45, 7) is 5.05. The van der Waals surface area contributed by atoms with E-state index in [1.807, 2.05) is 0 Å². The molecule has 4 heteroatoms. The molecular formula is C5H3NO3. The van der Waals surface area contributed by atoms with E-state index < -0.39 is 4.92 Å². The van der Waals surface area contributed by atoms with Crippen molar-refractivity contribution in [3.8, 4) is 0 Å². The molecule has 0 spiro atoms. The molecule has 0 aromatic carbocycles. The fourth-order valence-corrected chi connectivity index (χ4v) is 0.440. The zero-order valence-corrected chi connectivity index (χ0v) is 4.40. The van der Waals surface area contributed by atoms with Gasteiger partial charge in [-0.15, -0.1) is 0 Å². The molecule has 9 heavy (non-hydrogen) atoms. The summed E-state index contributed by atoms with van der Waals surface area (Å²) in [7, 11) is 0. The van der Waals surface area contributed by atoms with Crippen LogP contribution in [0, 0.1) is 17.0 Å². The van der Waals surface area contributed by atoms with Gasteiger partial charge in [0, 0.05) is 6.92 Å². The summed E-state index contributed by atoms with van der Waals surface area (Å²) in [5, 5.41) is 9.87. The van der Waals surface area contributed by atoms with Gasteiger partial charge in [-0.25, -0.2) is 0 Å². The van der Waals surface area contributed by atoms with Crippen LogP contribution in [-0.2, 0) is 0 Å². The SMILES string of the molecule is [CH]c1ccc([N+](=O)[O-])o1. The standard InChI is InChI=1S/C5H3NO3/c1-4-2-3-5(9-4)6(7)8/h1-3H. The number of hydrogen-bond donors (Lipinski definition) is 0. The Morgan fingerprint density at radius 2 is 2.33 bits per heavy atom. The molecule has 0 unspecified atom stereocenters. The van der Waals surface area contributed by atoms with E-state index >= 15 is 0 Å². The second-order valence-electron chi connectivity index (χ2n) is 1.43. The highest BCUT2D eigenvalue weighted by molar-refractivity contribution is 5.18. The van der Waals surface area contributed by atoms with Gasteiger partial charge in [0.25, 0.3) is 0 Å². The average Bonchev–Trinajstić information content (AvgIpc) is 2.14. The Bertz CT molecular complexity index is 228. The second kappa shape index (κ2) is 1.89. The molecule has 4 nitrogen and oxygen atoms in total. The summed E-state index contributed by atoms with van der Waals surface area (Å²) in [4.78, 5) is 9.23. The van der Waals surface area contributed by atoms with Gasteiger partial charge < -0.3 is 4.42 Å². The molecule has 1 rings (SSSR count). The summed E-state index contributed by atoms with van der Waals surface area (Å²) in [6, 6.07) is 2.54. The summed E-state index contributed by atoms with van der Waals surface area (Å²) >= 11 is 0. The van der Waals surface area contributed by atoms with E-state index in [9.17, 15) is 10.1 Å². The molecule has 0 amide bonds. The van der Waals surface area contributed by atoms with Crippen LogP contribution in [0.25, 0.3) is 0 Å². The number of hydrogen-bond acceptors (Lipinski definition) is 3. The maximum atomic E-state index is 9.87. The molecule has 46 valence electrons. The number of rotatable bonds is 1. The van der Waals surface area contributed by atoms with E-state index in [1.165, 1.54) is 12.1 Å². The topological polar surface area (TPSA) is 56.3 Å². The minimum atomic E-state index is -0.642. The van der Waals surface area contributed by atoms with Crippen LogP contribution in [0.3, 0.4) is 0 Å². The molecule has 0 aliphatic rings. The van der Waals surface area contributed by atoms with Gasteiger partial charge in [-0.05, 0) is 6.07 Å². The molecule has 0 aliphatic heterocycles. The summed E-state index contributed by atoms with van der Waals surface area (Å²) < 4.78 is 4.42. The number of nitro groups is 1. The molecular weight excluding hydrogens is 122 g/mol. The zero-order chi connectivity index (χ0) is 6.85. The minimum absolute atomic E-state index is 0.0571. The quantitative estimate of drug-likeness (QED) is 0.419. The molecule has 0 bridgehead atoms. The molecule has 1 heterocycles. The molecule has 2 radical (unpaired) electrons. The Morgan fingerprint density at radius 3 is 2.56 bits per heavy atom. The van der Waals surface area contributed by atoms with Gasteiger partial charge in [-0.2, -0.15) is 0 Å². The van der Waals surface area contributed by atoms with E-state index in [-0.39, 0.29) is 11.6 Å². The van der Waals surface area contributed by atoms with E-state index in [2.05, 4.69) is 4.42 Å². The molecule has 0 fully saturated rings. The van der Waals surface area contributed by atoms with Gasteiger partial charge in [0.2, 0.25) is 0 Å². The average molecular weight is 125 g/mol. The van der Waals surface area contributed by atoms with Crippen molar-refractivity contribution in [3.05, 3.63) is 34.9 Å². The van der Waals surface area contributed by atoms with Crippen molar-refractivity contribution >= 4 is 5.88 Å². The highest BCUT2D eigenvalue weighted by Gasteiger charge is 2.08. The van der Waals surface area contributed by atoms with Crippen molar-refractivity contribution < 1.29 is 9.34 Å². The summed E-state index contributed by atoms with van der Waals surface area (Å²) in [5.41, 5.74) is 0. The van der Waals surface area contributed by atoms with Crippen LogP contribution in [0.5, 0.6) is 0 Å². The predicted octanol–water partition coefficient (Wildman–Crippen LogP) is 1.25. The third-order valence-electron chi connectivity index (χ3n) is 0.793. The van der Waals surface area contributed by atoms with Gasteiger partial charge in [-0.1, -0.05) is 0 Å². The van der Waals surface area contributed by atoms with E-state index in [4.69, 9.17) is 6.92 Å². The molecule has 0 saturated heterocycles. The van der Waals surface area contributed by atoms with Crippen molar-refractivity contribution in [1.29, 1.82) is 0 Å². The van der Waals surface area contributed by atoms with Crippen molar-refractivity contribution in [2.75, 3.05) is 0 Å². The van der Waals surface area contributed by atoms with Crippen LogP contribution in [0.15, 0.2) is 16.5 Å². The first-order valence-corrected chi connectivity index (χ1v) is 2.20. The third-order valence-corrected chi connectivity index (χ3v) is 0.793. The fourth-order valence-electron chi connectivity index (χ4n) is 0.440. The Hall–Kier alpha value is -1.32. The van der Waals surface area contributed by atoms with Crippen molar-refractivity contribution in [2.24, 2.45) is 0 Å². The van der Waals surface area contributed by atoms with Gasteiger partial charge in [0.15, 0.2) is 0 Å². The van der Waals surface area contributed by atoms with Crippen molar-refractivity contribution in [1.82, 2.24) is 0 Å². The Morgan fingerprint density at radius 1 is 1.67 bits per heavy atom. The van der Waals surface area contributed by atoms with Crippen LogP contribution in [0.1, 0.15) is 5.76 Å². The van der Waals surface area contributed by atoms with Gasteiger partial charge in [0.05, 0.1) is 6.07 Å². The molecule has 1 aromatic rings. The molecule has 0 saturated carbocycles. The van der Waals surface area contributed by atoms with Crippen molar-refractivity contribution in [3.63, 3.8) is 0 Å². The lowest BCUT2D eigenvalue weighted by Crippen LogP contribution is -1.82. The lowest BCUT2D eigenvalue weighted by atomic mass is 10.5. The first-order chi connectivity index (χ1) is 4.20. The number of furan rings is 1. The molecule has 1 aromatic heterocycles. The highest BCUT2D eigenvalue weighted by atomic mass is 16.6. The first kappa shape index (κ1) is 5.81. The van der Waals surface area contributed by atoms with E-state index in [1.54, 1.807) is 0 Å². The normalized spacial score (nSPS) is 9.44. The largest absolute Gasteiger partial charge is 0.433 e. The number of nitrogens with zero attached hydrogens (tertiary/aromatic N) is 1. The van der Waals surface area contributed by atoms with Crippen molar-refractivity contribution in [2.45, 2.75) is 0 Å². The third kappa shape index (κ3) is 1.07. The Kier molecular flexibility index (Phi) is 1.22. The van der Waals surface area contributed by atoms with E-state index in [0.29, 0.717) is 0 Å². The van der Waals surface area contributed by atoms with Crippen LogP contribution in [0.2, 0.25) is 0 Å². The van der Waals surface area contributed by atoms with Crippen LogP contribution < -0.4 is 0 Å². The summed E-state index contributed by atoms with van der Waals surface area (Å²) in [6.07, 6.45) is 0. The fraction of sp³-hybridized carbons (Fsp3) is 0. The van der Waals surface area contributed by atoms with Gasteiger partial charge >= 0.3 is 5.88 Å². The minimum Gasteiger partial charge on any atom is -0.406 e. The maximum absolute atomic E-state index is 9.87. The van der Waals surface area contributed by atoms with E-state index in [0.717, 1.165) is 0 Å². The zero-order valence-electron chi connectivity index (χ0n) is 4.40. The predicted molar refractivity (Wildman–Crippen MR) is 28.8 cm³/mol. The molecule has 0 N–H and O–H groups in total. The monoisotopic (exact) mass is 125 g/mol. The smallest absolute Gasteiger partial charge is 0.406 e.